The molecule has 2 N–H and O–H groups in total. The number of piperazine rings is 1. The Kier molecular flexibility index (Phi) is 8.53. The summed E-state index contributed by atoms with van der Waals surface area (Å²) < 4.78 is 5.07. The predicted octanol–water partition coefficient (Wildman–Crippen LogP) is 0.419. The zero-order valence-corrected chi connectivity index (χ0v) is 14.9. The highest BCUT2D eigenvalue weighted by Gasteiger charge is 2.18. The molecule has 1 aromatic carbocycles. The monoisotopic (exact) mass is 356 g/mol. The Hall–Kier alpha value is -1.83. The van der Waals surface area contributed by atoms with E-state index in [4.69, 9.17) is 4.74 Å². The second kappa shape index (κ2) is 10.1. The van der Waals surface area contributed by atoms with E-state index in [2.05, 4.69) is 10.6 Å². The normalized spacial score (nSPS) is 14.0. The molecule has 0 aromatic heterocycles. The van der Waals surface area contributed by atoms with Crippen molar-refractivity contribution >= 4 is 29.9 Å². The zero-order chi connectivity index (χ0) is 16.7. The van der Waals surface area contributed by atoms with Crippen LogP contribution < -0.4 is 15.4 Å². The van der Waals surface area contributed by atoms with E-state index in [1.54, 1.807) is 43.3 Å². The molecule has 1 aromatic rings. The fourth-order valence-corrected chi connectivity index (χ4v) is 2.42. The van der Waals surface area contributed by atoms with Gasteiger partial charge in [0.05, 0.1) is 20.2 Å². The Balaban J connectivity index is 0.00000288. The third kappa shape index (κ3) is 6.35. The smallest absolute Gasteiger partial charge is 0.238 e. The van der Waals surface area contributed by atoms with E-state index in [0.717, 1.165) is 31.9 Å². The van der Waals surface area contributed by atoms with E-state index in [-0.39, 0.29) is 37.3 Å². The Morgan fingerprint density at radius 2 is 1.83 bits per heavy atom. The maximum absolute atomic E-state index is 12.1. The molecule has 2 amide bonds. The molecule has 1 fully saturated rings. The number of methoxy groups -OCH3 is 1. The molecular formula is C16H25ClN4O3. The summed E-state index contributed by atoms with van der Waals surface area (Å²) in [5.74, 6) is 0.652. The Bertz CT molecular complexity index is 533. The van der Waals surface area contributed by atoms with Gasteiger partial charge in [-0.2, -0.15) is 0 Å². The van der Waals surface area contributed by atoms with Crippen LogP contribution in [-0.4, -0.2) is 75.0 Å². The van der Waals surface area contributed by atoms with Crippen LogP contribution in [0.2, 0.25) is 0 Å². The Morgan fingerprint density at radius 3 is 2.42 bits per heavy atom. The van der Waals surface area contributed by atoms with Crippen LogP contribution in [-0.2, 0) is 9.59 Å². The molecule has 0 atom stereocenters. The van der Waals surface area contributed by atoms with Crippen LogP contribution >= 0.6 is 12.4 Å². The highest BCUT2D eigenvalue weighted by molar-refractivity contribution is 5.92. The number of nitrogens with zero attached hydrogens (tertiary/aromatic N) is 2. The van der Waals surface area contributed by atoms with Crippen LogP contribution in [0.4, 0.5) is 5.69 Å². The maximum Gasteiger partial charge on any atom is 0.238 e. The second-order valence-corrected chi connectivity index (χ2v) is 5.58. The minimum atomic E-state index is -0.147. The first kappa shape index (κ1) is 20.2. The van der Waals surface area contributed by atoms with Crippen LogP contribution in [0.3, 0.4) is 0 Å². The van der Waals surface area contributed by atoms with Gasteiger partial charge in [-0.1, -0.05) is 0 Å². The number of hydrogen-bond donors (Lipinski definition) is 2. The number of amides is 2. The number of hydrogen-bond acceptors (Lipinski definition) is 5. The SMILES string of the molecule is COc1ccc(NC(=O)CN(C)CC(=O)N2CCNCC2)cc1.Cl. The van der Waals surface area contributed by atoms with Gasteiger partial charge in [-0.25, -0.2) is 0 Å². The van der Waals surface area contributed by atoms with Crippen molar-refractivity contribution in [3.05, 3.63) is 24.3 Å². The van der Waals surface area contributed by atoms with E-state index in [1.165, 1.54) is 0 Å². The molecule has 0 bridgehead atoms. The quantitative estimate of drug-likeness (QED) is 0.772. The van der Waals surface area contributed by atoms with E-state index >= 15 is 0 Å². The van der Waals surface area contributed by atoms with Gasteiger partial charge in [-0.15, -0.1) is 12.4 Å². The lowest BCUT2D eigenvalue weighted by Crippen LogP contribution is -2.49. The molecular weight excluding hydrogens is 332 g/mol. The first-order valence-corrected chi connectivity index (χ1v) is 7.69. The van der Waals surface area contributed by atoms with Crippen molar-refractivity contribution < 1.29 is 14.3 Å². The topological polar surface area (TPSA) is 73.9 Å². The van der Waals surface area contributed by atoms with Crippen molar-refractivity contribution in [3.63, 3.8) is 0 Å². The molecule has 2 rings (SSSR count). The fourth-order valence-electron chi connectivity index (χ4n) is 2.42. The van der Waals surface area contributed by atoms with Crippen molar-refractivity contribution in [2.24, 2.45) is 0 Å². The van der Waals surface area contributed by atoms with Crippen molar-refractivity contribution in [2.45, 2.75) is 0 Å². The summed E-state index contributed by atoms with van der Waals surface area (Å²) in [4.78, 5) is 27.7. The molecule has 1 aliphatic heterocycles. The van der Waals surface area contributed by atoms with Gasteiger partial charge in [0.15, 0.2) is 0 Å². The highest BCUT2D eigenvalue weighted by atomic mass is 35.5. The summed E-state index contributed by atoms with van der Waals surface area (Å²) >= 11 is 0. The van der Waals surface area contributed by atoms with E-state index in [0.29, 0.717) is 5.69 Å². The highest BCUT2D eigenvalue weighted by Crippen LogP contribution is 2.14. The largest absolute Gasteiger partial charge is 0.497 e. The molecule has 1 saturated heterocycles. The number of likely N-dealkylation sites (N-methyl/N-ethyl adjacent to an activating group) is 1. The van der Waals surface area contributed by atoms with E-state index < -0.39 is 0 Å². The summed E-state index contributed by atoms with van der Waals surface area (Å²) in [6.07, 6.45) is 0. The standard InChI is InChI=1S/C16H24N4O3.ClH/c1-19(12-16(22)20-9-7-17-8-10-20)11-15(21)18-13-3-5-14(23-2)6-4-13;/h3-6,17H,7-12H2,1-2H3,(H,18,21);1H. The van der Waals surface area contributed by atoms with Gasteiger partial charge < -0.3 is 20.3 Å². The molecule has 7 nitrogen and oxygen atoms in total. The van der Waals surface area contributed by atoms with E-state index in [9.17, 15) is 9.59 Å². The lowest BCUT2D eigenvalue weighted by Gasteiger charge is -2.29. The van der Waals surface area contributed by atoms with Gasteiger partial charge in [-0.3, -0.25) is 14.5 Å². The third-order valence-corrected chi connectivity index (χ3v) is 3.66. The molecule has 8 heteroatoms. The van der Waals surface area contributed by atoms with E-state index in [1.807, 2.05) is 4.90 Å². The molecule has 0 unspecified atom stereocenters. The number of ether oxygens (including phenoxy) is 1. The van der Waals surface area contributed by atoms with Gasteiger partial charge >= 0.3 is 0 Å². The molecule has 24 heavy (non-hydrogen) atoms. The van der Waals surface area contributed by atoms with Crippen LogP contribution in [0.1, 0.15) is 0 Å². The maximum atomic E-state index is 12.1. The number of benzene rings is 1. The van der Waals surface area contributed by atoms with Gasteiger partial charge in [0.1, 0.15) is 5.75 Å². The fraction of sp³-hybridized carbons (Fsp3) is 0.500. The van der Waals surface area contributed by atoms with Crippen molar-refractivity contribution in [1.29, 1.82) is 0 Å². The first-order valence-electron chi connectivity index (χ1n) is 7.69. The number of anilines is 1. The summed E-state index contributed by atoms with van der Waals surface area (Å²) in [6, 6.07) is 7.13. The van der Waals surface area contributed by atoms with Crippen LogP contribution in [0, 0.1) is 0 Å². The number of halogens is 1. The molecule has 0 radical (unpaired) electrons. The number of nitrogens with one attached hydrogen (secondary N) is 2. The molecule has 1 aliphatic rings. The van der Waals surface area contributed by atoms with Crippen molar-refractivity contribution in [3.8, 4) is 5.75 Å². The second-order valence-electron chi connectivity index (χ2n) is 5.58. The van der Waals surface area contributed by atoms with Gasteiger partial charge in [0.2, 0.25) is 11.8 Å². The number of rotatable bonds is 6. The molecule has 134 valence electrons. The van der Waals surface area contributed by atoms with Crippen molar-refractivity contribution in [1.82, 2.24) is 15.1 Å². The lowest BCUT2D eigenvalue weighted by atomic mass is 10.3. The third-order valence-electron chi connectivity index (χ3n) is 3.66. The van der Waals surface area contributed by atoms with Gasteiger partial charge in [-0.05, 0) is 31.3 Å². The summed E-state index contributed by atoms with van der Waals surface area (Å²) in [5.41, 5.74) is 0.706. The molecule has 0 saturated carbocycles. The lowest BCUT2D eigenvalue weighted by molar-refractivity contribution is -0.133. The van der Waals surface area contributed by atoms with Gasteiger partial charge in [0, 0.05) is 31.9 Å². The Morgan fingerprint density at radius 1 is 1.21 bits per heavy atom. The van der Waals surface area contributed by atoms with Crippen LogP contribution in [0.15, 0.2) is 24.3 Å². The average Bonchev–Trinajstić information content (AvgIpc) is 2.56. The molecule has 0 aliphatic carbocycles. The minimum absolute atomic E-state index is 0. The van der Waals surface area contributed by atoms with Gasteiger partial charge in [0.25, 0.3) is 0 Å². The number of carbonyl (C=O) groups is 2. The number of carbonyl (C=O) groups excluding carboxylic acids is 2. The zero-order valence-electron chi connectivity index (χ0n) is 14.1. The first-order chi connectivity index (χ1) is 11.1. The minimum Gasteiger partial charge on any atom is -0.497 e. The summed E-state index contributed by atoms with van der Waals surface area (Å²) in [5, 5.41) is 6.02. The van der Waals surface area contributed by atoms with Crippen molar-refractivity contribution in [2.75, 3.05) is 58.7 Å². The van der Waals surface area contributed by atoms with Crippen LogP contribution in [0.25, 0.3) is 0 Å². The molecule has 1 heterocycles. The van der Waals surface area contributed by atoms with Crippen LogP contribution in [0.5, 0.6) is 5.75 Å². The average molecular weight is 357 g/mol. The Labute approximate surface area is 148 Å². The predicted molar refractivity (Wildman–Crippen MR) is 95.8 cm³/mol. The summed E-state index contributed by atoms with van der Waals surface area (Å²) in [6.45, 7) is 3.52. The molecule has 0 spiro atoms. The summed E-state index contributed by atoms with van der Waals surface area (Å²) in [7, 11) is 3.37.